The van der Waals surface area contributed by atoms with Crippen LogP contribution in [-0.4, -0.2) is 6.61 Å². The minimum absolute atomic E-state index is 0.477. The van der Waals surface area contributed by atoms with Crippen LogP contribution in [0.3, 0.4) is 0 Å². The van der Waals surface area contributed by atoms with E-state index in [9.17, 15) is 0 Å². The summed E-state index contributed by atoms with van der Waals surface area (Å²) >= 11 is 3.39. The van der Waals surface area contributed by atoms with Gasteiger partial charge in [-0.25, -0.2) is 0 Å². The molecule has 0 atom stereocenters. The van der Waals surface area contributed by atoms with E-state index in [0.717, 1.165) is 10.0 Å². The maximum Gasteiger partial charge on any atom is 0.143 e. The summed E-state index contributed by atoms with van der Waals surface area (Å²) in [6.45, 7) is 5.99. The summed E-state index contributed by atoms with van der Waals surface area (Å²) in [6, 6.07) is 3.76. The van der Waals surface area contributed by atoms with E-state index in [1.54, 1.807) is 6.08 Å². The normalized spacial score (nSPS) is 9.69. The Hall–Kier alpha value is -0.960. The largest absolute Gasteiger partial charge is 0.487 e. The molecule has 13 heavy (non-hydrogen) atoms. The van der Waals surface area contributed by atoms with E-state index < -0.39 is 0 Å². The highest BCUT2D eigenvalue weighted by molar-refractivity contribution is 9.10. The first-order chi connectivity index (χ1) is 6.16. The van der Waals surface area contributed by atoms with Crippen molar-refractivity contribution in [2.75, 3.05) is 12.3 Å². The number of benzene rings is 1. The van der Waals surface area contributed by atoms with Crippen LogP contribution in [0.2, 0.25) is 0 Å². The van der Waals surface area contributed by atoms with Crippen molar-refractivity contribution in [3.05, 3.63) is 34.8 Å². The average Bonchev–Trinajstić information content (AvgIpc) is 2.13. The predicted octanol–water partition coefficient (Wildman–Crippen LogP) is 2.90. The Morgan fingerprint density at radius 1 is 1.62 bits per heavy atom. The Kier molecular flexibility index (Phi) is 3.37. The van der Waals surface area contributed by atoms with Gasteiger partial charge in [0.15, 0.2) is 0 Å². The first-order valence-electron chi connectivity index (χ1n) is 3.95. The maximum atomic E-state index is 5.83. The van der Waals surface area contributed by atoms with Crippen molar-refractivity contribution in [3.8, 4) is 5.75 Å². The highest BCUT2D eigenvalue weighted by Gasteiger charge is 2.05. The number of hydrogen-bond donors (Lipinski definition) is 1. The quantitative estimate of drug-likeness (QED) is 0.653. The van der Waals surface area contributed by atoms with Gasteiger partial charge in [0.25, 0.3) is 0 Å². The minimum Gasteiger partial charge on any atom is -0.487 e. The van der Waals surface area contributed by atoms with Gasteiger partial charge in [-0.2, -0.15) is 0 Å². The Labute approximate surface area is 86.5 Å². The van der Waals surface area contributed by atoms with Gasteiger partial charge in [0, 0.05) is 4.47 Å². The molecule has 2 nitrogen and oxygen atoms in total. The van der Waals surface area contributed by atoms with E-state index in [2.05, 4.69) is 22.5 Å². The molecule has 0 fully saturated rings. The van der Waals surface area contributed by atoms with Gasteiger partial charge in [-0.05, 0) is 24.6 Å². The fourth-order valence-corrected chi connectivity index (χ4v) is 1.30. The molecule has 0 unspecified atom stereocenters. The van der Waals surface area contributed by atoms with Crippen molar-refractivity contribution >= 4 is 21.6 Å². The van der Waals surface area contributed by atoms with Crippen LogP contribution in [0.4, 0.5) is 5.69 Å². The minimum atomic E-state index is 0.477. The molecule has 0 aliphatic rings. The molecule has 0 amide bonds. The highest BCUT2D eigenvalue weighted by Crippen LogP contribution is 2.30. The molecular weight excluding hydrogens is 230 g/mol. The SMILES string of the molecule is C=CCOc1ccc(Br)c(C)c1N. The summed E-state index contributed by atoms with van der Waals surface area (Å²) in [5, 5.41) is 0. The molecule has 0 aliphatic carbocycles. The summed E-state index contributed by atoms with van der Waals surface area (Å²) in [4.78, 5) is 0. The van der Waals surface area contributed by atoms with Gasteiger partial charge in [-0.3, -0.25) is 0 Å². The van der Waals surface area contributed by atoms with Crippen molar-refractivity contribution in [1.29, 1.82) is 0 Å². The number of ether oxygens (including phenoxy) is 1. The third-order valence-corrected chi connectivity index (χ3v) is 2.62. The fourth-order valence-electron chi connectivity index (χ4n) is 0.952. The number of anilines is 1. The molecule has 0 bridgehead atoms. The van der Waals surface area contributed by atoms with E-state index in [0.29, 0.717) is 18.0 Å². The topological polar surface area (TPSA) is 35.2 Å². The summed E-state index contributed by atoms with van der Waals surface area (Å²) in [5.41, 5.74) is 7.51. The highest BCUT2D eigenvalue weighted by atomic mass is 79.9. The van der Waals surface area contributed by atoms with Crippen LogP contribution < -0.4 is 10.5 Å². The van der Waals surface area contributed by atoms with Crippen LogP contribution in [0.25, 0.3) is 0 Å². The monoisotopic (exact) mass is 241 g/mol. The molecule has 70 valence electrons. The van der Waals surface area contributed by atoms with Crippen LogP contribution in [0.5, 0.6) is 5.75 Å². The Morgan fingerprint density at radius 2 is 2.31 bits per heavy atom. The van der Waals surface area contributed by atoms with Crippen molar-refractivity contribution in [1.82, 2.24) is 0 Å². The van der Waals surface area contributed by atoms with Gasteiger partial charge < -0.3 is 10.5 Å². The molecule has 3 heteroatoms. The molecule has 1 aromatic rings. The molecule has 0 heterocycles. The zero-order chi connectivity index (χ0) is 9.84. The van der Waals surface area contributed by atoms with Gasteiger partial charge in [-0.15, -0.1) is 0 Å². The van der Waals surface area contributed by atoms with Crippen molar-refractivity contribution in [2.24, 2.45) is 0 Å². The molecule has 1 rings (SSSR count). The van der Waals surface area contributed by atoms with E-state index >= 15 is 0 Å². The second kappa shape index (κ2) is 4.33. The lowest BCUT2D eigenvalue weighted by molar-refractivity contribution is 0.365. The second-order valence-corrected chi connectivity index (χ2v) is 3.54. The Morgan fingerprint density at radius 3 is 2.92 bits per heavy atom. The van der Waals surface area contributed by atoms with Gasteiger partial charge in [0.2, 0.25) is 0 Å². The molecule has 0 saturated heterocycles. The van der Waals surface area contributed by atoms with E-state index in [1.807, 2.05) is 19.1 Å². The van der Waals surface area contributed by atoms with Gasteiger partial charge in [0.1, 0.15) is 12.4 Å². The molecule has 2 N–H and O–H groups in total. The fraction of sp³-hybridized carbons (Fsp3) is 0.200. The summed E-state index contributed by atoms with van der Waals surface area (Å²) < 4.78 is 6.35. The first kappa shape index (κ1) is 10.1. The van der Waals surface area contributed by atoms with Crippen LogP contribution >= 0.6 is 15.9 Å². The number of nitrogens with two attached hydrogens (primary N) is 1. The van der Waals surface area contributed by atoms with E-state index in [-0.39, 0.29) is 0 Å². The maximum absolute atomic E-state index is 5.83. The molecular formula is C10H12BrNO. The van der Waals surface area contributed by atoms with E-state index in [4.69, 9.17) is 10.5 Å². The lowest BCUT2D eigenvalue weighted by Crippen LogP contribution is -1.99. The number of rotatable bonds is 3. The summed E-state index contributed by atoms with van der Waals surface area (Å²) in [6.07, 6.45) is 1.69. The van der Waals surface area contributed by atoms with Gasteiger partial charge >= 0.3 is 0 Å². The zero-order valence-corrected chi connectivity index (χ0v) is 9.10. The van der Waals surface area contributed by atoms with Gasteiger partial charge in [-0.1, -0.05) is 28.6 Å². The Balaban J connectivity index is 2.96. The smallest absolute Gasteiger partial charge is 0.143 e. The number of hydrogen-bond acceptors (Lipinski definition) is 2. The lowest BCUT2D eigenvalue weighted by Gasteiger charge is -2.09. The second-order valence-electron chi connectivity index (χ2n) is 2.68. The summed E-state index contributed by atoms with van der Waals surface area (Å²) in [7, 11) is 0. The van der Waals surface area contributed by atoms with Crippen LogP contribution in [0.15, 0.2) is 29.3 Å². The molecule has 1 aromatic carbocycles. The van der Waals surface area contributed by atoms with Crippen molar-refractivity contribution < 1.29 is 4.74 Å². The van der Waals surface area contributed by atoms with Gasteiger partial charge in [0.05, 0.1) is 5.69 Å². The van der Waals surface area contributed by atoms with Crippen molar-refractivity contribution in [3.63, 3.8) is 0 Å². The van der Waals surface area contributed by atoms with Crippen LogP contribution in [-0.2, 0) is 0 Å². The van der Waals surface area contributed by atoms with Crippen LogP contribution in [0, 0.1) is 6.92 Å². The number of halogens is 1. The molecule has 0 radical (unpaired) electrons. The predicted molar refractivity (Wildman–Crippen MR) is 59.0 cm³/mol. The number of nitrogen functional groups attached to an aromatic ring is 1. The Bertz CT molecular complexity index is 323. The molecule has 0 saturated carbocycles. The molecule has 0 aliphatic heterocycles. The van der Waals surface area contributed by atoms with E-state index in [1.165, 1.54) is 0 Å². The third kappa shape index (κ3) is 2.25. The first-order valence-corrected chi connectivity index (χ1v) is 4.74. The van der Waals surface area contributed by atoms with Crippen molar-refractivity contribution in [2.45, 2.75) is 6.92 Å². The lowest BCUT2D eigenvalue weighted by atomic mass is 10.2. The molecule has 0 spiro atoms. The zero-order valence-electron chi connectivity index (χ0n) is 7.51. The molecule has 0 aromatic heterocycles. The van der Waals surface area contributed by atoms with Crippen LogP contribution in [0.1, 0.15) is 5.56 Å². The third-order valence-electron chi connectivity index (χ3n) is 1.77. The summed E-state index contributed by atoms with van der Waals surface area (Å²) in [5.74, 6) is 0.709. The standard InChI is InChI=1S/C10H12BrNO/c1-3-6-13-9-5-4-8(11)7(2)10(9)12/h3-5H,1,6,12H2,2H3. The average molecular weight is 242 g/mol.